The number of carbonyl (C=O) groups excluding carboxylic acids is 1. The molecule has 24 heavy (non-hydrogen) atoms. The highest BCUT2D eigenvalue weighted by atomic mass is 35.5. The summed E-state index contributed by atoms with van der Waals surface area (Å²) in [7, 11) is 0. The Bertz CT molecular complexity index is 897. The van der Waals surface area contributed by atoms with E-state index in [1.54, 1.807) is 30.0 Å². The fourth-order valence-corrected chi connectivity index (χ4v) is 3.04. The minimum absolute atomic E-state index is 0.129. The second-order valence-corrected chi connectivity index (χ2v) is 6.01. The summed E-state index contributed by atoms with van der Waals surface area (Å²) < 4.78 is 7.69. The largest absolute Gasteiger partial charge is 0.378 e. The monoisotopic (exact) mass is 351 g/mol. The third-order valence-corrected chi connectivity index (χ3v) is 4.40. The number of hydrogen-bond donors (Lipinski definition) is 0. The molecule has 0 bridgehead atoms. The fraction of sp³-hybridized carbons (Fsp3) is 0.438. The standard InChI is InChI=1S/C16H18ClN3O4/c1-2-19-15(22)12-4-3-11(17)9-13(12)20(16(19)23)10-14(21)18-5-7-24-8-6-18/h3-4,9H,2,5-8,10H2,1H3. The van der Waals surface area contributed by atoms with Gasteiger partial charge in [-0.1, -0.05) is 11.6 Å². The van der Waals surface area contributed by atoms with E-state index in [0.29, 0.717) is 42.2 Å². The van der Waals surface area contributed by atoms with Gasteiger partial charge in [0.05, 0.1) is 24.1 Å². The zero-order valence-electron chi connectivity index (χ0n) is 13.3. The van der Waals surface area contributed by atoms with Gasteiger partial charge in [0.25, 0.3) is 5.56 Å². The van der Waals surface area contributed by atoms with Gasteiger partial charge in [-0.05, 0) is 25.1 Å². The quantitative estimate of drug-likeness (QED) is 0.815. The van der Waals surface area contributed by atoms with Crippen LogP contribution in [0.3, 0.4) is 0 Å². The summed E-state index contributed by atoms with van der Waals surface area (Å²) in [5.74, 6) is -0.178. The summed E-state index contributed by atoms with van der Waals surface area (Å²) in [6.45, 7) is 3.80. The number of fused-ring (bicyclic) bond motifs is 1. The SMILES string of the molecule is CCn1c(=O)c2ccc(Cl)cc2n(CC(=O)N2CCOCC2)c1=O. The minimum Gasteiger partial charge on any atom is -0.378 e. The normalized spacial score (nSPS) is 15.0. The molecule has 1 aromatic carbocycles. The lowest BCUT2D eigenvalue weighted by Gasteiger charge is -2.27. The molecule has 7 nitrogen and oxygen atoms in total. The van der Waals surface area contributed by atoms with Gasteiger partial charge in [0, 0.05) is 24.7 Å². The Hall–Kier alpha value is -2.12. The molecule has 0 saturated carbocycles. The summed E-state index contributed by atoms with van der Waals surface area (Å²) in [6, 6.07) is 4.73. The van der Waals surface area contributed by atoms with Crippen molar-refractivity contribution >= 4 is 28.4 Å². The van der Waals surface area contributed by atoms with Crippen molar-refractivity contribution in [3.05, 3.63) is 44.1 Å². The zero-order chi connectivity index (χ0) is 17.3. The Kier molecular flexibility index (Phi) is 4.73. The fourth-order valence-electron chi connectivity index (χ4n) is 2.87. The molecular weight excluding hydrogens is 334 g/mol. The molecule has 1 fully saturated rings. The van der Waals surface area contributed by atoms with Crippen molar-refractivity contribution in [1.29, 1.82) is 0 Å². The molecule has 0 N–H and O–H groups in total. The Labute approximate surface area is 143 Å². The second-order valence-electron chi connectivity index (χ2n) is 5.57. The minimum atomic E-state index is -0.501. The van der Waals surface area contributed by atoms with Crippen molar-refractivity contribution < 1.29 is 9.53 Å². The average molecular weight is 352 g/mol. The summed E-state index contributed by atoms with van der Waals surface area (Å²) in [6.07, 6.45) is 0. The van der Waals surface area contributed by atoms with E-state index in [4.69, 9.17) is 16.3 Å². The molecule has 2 aromatic rings. The molecule has 1 amide bonds. The first-order valence-corrected chi connectivity index (χ1v) is 8.19. The molecule has 0 atom stereocenters. The number of morpholine rings is 1. The molecule has 128 valence electrons. The Morgan fingerprint density at radius 2 is 1.92 bits per heavy atom. The molecule has 0 unspecified atom stereocenters. The number of aromatic nitrogens is 2. The second kappa shape index (κ2) is 6.78. The van der Waals surface area contributed by atoms with Gasteiger partial charge in [-0.3, -0.25) is 18.7 Å². The summed E-state index contributed by atoms with van der Waals surface area (Å²) in [5, 5.41) is 0.777. The first-order chi connectivity index (χ1) is 11.5. The number of hydrogen-bond acceptors (Lipinski definition) is 4. The third-order valence-electron chi connectivity index (χ3n) is 4.16. The van der Waals surface area contributed by atoms with Crippen LogP contribution in [0.25, 0.3) is 10.9 Å². The predicted molar refractivity (Wildman–Crippen MR) is 90.6 cm³/mol. The van der Waals surface area contributed by atoms with E-state index in [1.165, 1.54) is 4.57 Å². The van der Waals surface area contributed by atoms with Gasteiger partial charge in [0.1, 0.15) is 6.54 Å². The number of halogens is 1. The van der Waals surface area contributed by atoms with Crippen LogP contribution in [0.5, 0.6) is 0 Å². The lowest BCUT2D eigenvalue weighted by molar-refractivity contribution is -0.135. The zero-order valence-corrected chi connectivity index (χ0v) is 14.1. The van der Waals surface area contributed by atoms with Crippen LogP contribution in [-0.4, -0.2) is 46.2 Å². The average Bonchev–Trinajstić information content (AvgIpc) is 2.59. The number of benzene rings is 1. The number of carbonyl (C=O) groups is 1. The van der Waals surface area contributed by atoms with Crippen LogP contribution in [0, 0.1) is 0 Å². The van der Waals surface area contributed by atoms with Crippen molar-refractivity contribution in [2.45, 2.75) is 20.0 Å². The predicted octanol–water partition coefficient (Wildman–Crippen LogP) is 0.695. The maximum atomic E-state index is 12.7. The van der Waals surface area contributed by atoms with E-state index in [2.05, 4.69) is 0 Å². The molecule has 0 aliphatic carbocycles. The van der Waals surface area contributed by atoms with Crippen molar-refractivity contribution in [1.82, 2.24) is 14.0 Å². The molecule has 1 aliphatic heterocycles. The Morgan fingerprint density at radius 3 is 2.58 bits per heavy atom. The lowest BCUT2D eigenvalue weighted by atomic mass is 10.2. The molecule has 0 radical (unpaired) electrons. The molecule has 1 aliphatic rings. The maximum absolute atomic E-state index is 12.7. The van der Waals surface area contributed by atoms with Crippen molar-refractivity contribution in [2.24, 2.45) is 0 Å². The highest BCUT2D eigenvalue weighted by Crippen LogP contribution is 2.16. The molecule has 1 saturated heterocycles. The first-order valence-electron chi connectivity index (χ1n) is 7.81. The molecule has 2 heterocycles. The molecule has 1 aromatic heterocycles. The maximum Gasteiger partial charge on any atom is 0.331 e. The van der Waals surface area contributed by atoms with E-state index in [1.807, 2.05) is 0 Å². The molecule has 8 heteroatoms. The van der Waals surface area contributed by atoms with Gasteiger partial charge in [0.2, 0.25) is 5.91 Å². The van der Waals surface area contributed by atoms with E-state index >= 15 is 0 Å². The summed E-state index contributed by atoms with van der Waals surface area (Å²) in [5.41, 5.74) is -0.494. The van der Waals surface area contributed by atoms with Gasteiger partial charge in [0.15, 0.2) is 0 Å². The van der Waals surface area contributed by atoms with E-state index in [-0.39, 0.29) is 24.6 Å². The number of ether oxygens (including phenoxy) is 1. The van der Waals surface area contributed by atoms with Gasteiger partial charge in [-0.2, -0.15) is 0 Å². The molecular formula is C16H18ClN3O4. The van der Waals surface area contributed by atoms with Gasteiger partial charge >= 0.3 is 5.69 Å². The topological polar surface area (TPSA) is 73.5 Å². The van der Waals surface area contributed by atoms with Crippen LogP contribution in [0.15, 0.2) is 27.8 Å². The number of nitrogens with zero attached hydrogens (tertiary/aromatic N) is 3. The van der Waals surface area contributed by atoms with E-state index < -0.39 is 5.69 Å². The lowest BCUT2D eigenvalue weighted by Crippen LogP contribution is -2.46. The van der Waals surface area contributed by atoms with Crippen LogP contribution in [0.2, 0.25) is 5.02 Å². The summed E-state index contributed by atoms with van der Waals surface area (Å²) >= 11 is 6.02. The van der Waals surface area contributed by atoms with Crippen molar-refractivity contribution in [3.63, 3.8) is 0 Å². The van der Waals surface area contributed by atoms with Crippen LogP contribution < -0.4 is 11.2 Å². The Balaban J connectivity index is 2.11. The van der Waals surface area contributed by atoms with Crippen LogP contribution >= 0.6 is 11.6 Å². The smallest absolute Gasteiger partial charge is 0.331 e. The third kappa shape index (κ3) is 2.97. The summed E-state index contributed by atoms with van der Waals surface area (Å²) in [4.78, 5) is 39.3. The highest BCUT2D eigenvalue weighted by Gasteiger charge is 2.20. The van der Waals surface area contributed by atoms with Gasteiger partial charge < -0.3 is 9.64 Å². The van der Waals surface area contributed by atoms with Gasteiger partial charge in [-0.15, -0.1) is 0 Å². The van der Waals surface area contributed by atoms with Crippen LogP contribution in [0.4, 0.5) is 0 Å². The van der Waals surface area contributed by atoms with Crippen LogP contribution in [0.1, 0.15) is 6.92 Å². The first kappa shape index (κ1) is 16.7. The molecule has 3 rings (SSSR count). The highest BCUT2D eigenvalue weighted by molar-refractivity contribution is 6.31. The Morgan fingerprint density at radius 1 is 1.21 bits per heavy atom. The van der Waals surface area contributed by atoms with E-state index in [0.717, 1.165) is 4.57 Å². The number of amides is 1. The van der Waals surface area contributed by atoms with Crippen LogP contribution in [-0.2, 0) is 22.6 Å². The molecule has 0 spiro atoms. The van der Waals surface area contributed by atoms with E-state index in [9.17, 15) is 14.4 Å². The van der Waals surface area contributed by atoms with Gasteiger partial charge in [-0.25, -0.2) is 4.79 Å². The number of rotatable bonds is 3. The van der Waals surface area contributed by atoms with Crippen molar-refractivity contribution in [2.75, 3.05) is 26.3 Å². The van der Waals surface area contributed by atoms with Crippen molar-refractivity contribution in [3.8, 4) is 0 Å².